The Morgan fingerprint density at radius 1 is 0.667 bits per heavy atom. The lowest BCUT2D eigenvalue weighted by atomic mass is 10.4. The molecule has 0 bridgehead atoms. The van der Waals surface area contributed by atoms with Crippen molar-refractivity contribution in [3.8, 4) is 0 Å². The molecule has 0 heterocycles. The van der Waals surface area contributed by atoms with Crippen molar-refractivity contribution in [2.75, 3.05) is 5.75 Å². The smallest absolute Gasteiger partial charge is 0.316 e. The van der Waals surface area contributed by atoms with E-state index in [9.17, 15) is 9.90 Å². The van der Waals surface area contributed by atoms with Gasteiger partial charge in [-0.15, -0.1) is 10.0 Å². The molecule has 0 atom stereocenters. The summed E-state index contributed by atoms with van der Waals surface area (Å²) in [7, 11) is -1.83. The molecule has 0 aromatic heterocycles. The Labute approximate surface area is 160 Å². The van der Waals surface area contributed by atoms with E-state index in [1.54, 1.807) is 0 Å². The summed E-state index contributed by atoms with van der Waals surface area (Å²) in [6, 6.07) is 30.0. The average molecular weight is 349 g/mol. The molecule has 0 aliphatic carbocycles. The molecule has 4 heteroatoms. The largest absolute Gasteiger partial charge is 0.481 e. The number of hydrogen-bond acceptors (Lipinski definition) is 1. The molecular formula is C20H20MgO2S. The molecule has 0 saturated heterocycles. The molecule has 3 aromatic rings. The van der Waals surface area contributed by atoms with Crippen molar-refractivity contribution in [1.82, 2.24) is 0 Å². The van der Waals surface area contributed by atoms with Crippen molar-refractivity contribution in [2.24, 2.45) is 0 Å². The van der Waals surface area contributed by atoms with E-state index in [4.69, 9.17) is 0 Å². The van der Waals surface area contributed by atoms with Crippen LogP contribution in [0.1, 0.15) is 0 Å². The fraction of sp³-hybridized carbons (Fsp3) is 0.0500. The minimum atomic E-state index is -1.83. The van der Waals surface area contributed by atoms with Gasteiger partial charge >= 0.3 is 29.0 Å². The maximum atomic E-state index is 11.8. The van der Waals surface area contributed by atoms with Gasteiger partial charge in [-0.1, -0.05) is 54.6 Å². The maximum absolute atomic E-state index is 11.8. The molecule has 0 aliphatic rings. The van der Waals surface area contributed by atoms with Crippen LogP contribution < -0.4 is 0 Å². The highest BCUT2D eigenvalue weighted by Gasteiger charge is 2.33. The van der Waals surface area contributed by atoms with Gasteiger partial charge in [-0.2, -0.15) is 0 Å². The molecule has 3 rings (SSSR count). The molecule has 0 fully saturated rings. The molecule has 1 N–H and O–H groups in total. The van der Waals surface area contributed by atoms with Crippen LogP contribution in [0.3, 0.4) is 0 Å². The standard InChI is InChI=1S/C20H18O2S.Mg.2H/c21-20(22)16-23(17-10-4-1-5-11-17,18-12-6-2-7-13-18)19-14-8-3-9-15-19;;;/h1-15H,16H2,(H,21,22);;;. The summed E-state index contributed by atoms with van der Waals surface area (Å²) >= 11 is 0. The summed E-state index contributed by atoms with van der Waals surface area (Å²) in [6.45, 7) is 0. The molecule has 0 amide bonds. The molecule has 0 aliphatic heterocycles. The molecule has 120 valence electrons. The summed E-state index contributed by atoms with van der Waals surface area (Å²) < 4.78 is 0. The molecule has 24 heavy (non-hydrogen) atoms. The van der Waals surface area contributed by atoms with Gasteiger partial charge in [-0.25, -0.2) is 0 Å². The number of hydrogen-bond donors (Lipinski definition) is 1. The van der Waals surface area contributed by atoms with Gasteiger partial charge in [-0.3, -0.25) is 4.79 Å². The second-order valence-electron chi connectivity index (χ2n) is 5.22. The number of carboxylic acids is 1. The summed E-state index contributed by atoms with van der Waals surface area (Å²) in [6.07, 6.45) is 0. The Kier molecular flexibility index (Phi) is 6.49. The van der Waals surface area contributed by atoms with Gasteiger partial charge in [0.1, 0.15) is 0 Å². The second-order valence-corrected chi connectivity index (χ2v) is 8.40. The first-order valence-corrected chi connectivity index (χ1v) is 9.22. The van der Waals surface area contributed by atoms with Gasteiger partial charge in [0.2, 0.25) is 0 Å². The second kappa shape index (κ2) is 8.38. The Hall–Kier alpha value is -1.75. The van der Waals surface area contributed by atoms with Crippen LogP contribution in [0.5, 0.6) is 0 Å². The molecule has 0 unspecified atom stereocenters. The number of benzene rings is 3. The first-order chi connectivity index (χ1) is 11.2. The molecule has 0 radical (unpaired) electrons. The van der Waals surface area contributed by atoms with Gasteiger partial charge in [0.15, 0.2) is 0 Å². The van der Waals surface area contributed by atoms with E-state index < -0.39 is 16.0 Å². The first kappa shape index (κ1) is 18.6. The van der Waals surface area contributed by atoms with Gasteiger partial charge in [0.05, 0.1) is 5.75 Å². The Balaban J connectivity index is 0.00000208. The van der Waals surface area contributed by atoms with Crippen LogP contribution >= 0.6 is 10.0 Å². The zero-order valence-corrected chi connectivity index (χ0v) is 13.4. The van der Waals surface area contributed by atoms with Crippen LogP contribution in [0.25, 0.3) is 0 Å². The summed E-state index contributed by atoms with van der Waals surface area (Å²) in [5.74, 6) is -0.693. The zero-order valence-electron chi connectivity index (χ0n) is 12.6. The normalized spacial score (nSPS) is 11.3. The average Bonchev–Trinajstić information content (AvgIpc) is 2.62. The van der Waals surface area contributed by atoms with Crippen LogP contribution in [0.4, 0.5) is 0 Å². The highest BCUT2D eigenvalue weighted by atomic mass is 32.3. The monoisotopic (exact) mass is 348 g/mol. The van der Waals surface area contributed by atoms with Crippen molar-refractivity contribution >= 4 is 39.1 Å². The minimum Gasteiger partial charge on any atom is -0.481 e. The van der Waals surface area contributed by atoms with E-state index in [1.165, 1.54) is 0 Å². The fourth-order valence-electron chi connectivity index (χ4n) is 2.80. The minimum absolute atomic E-state index is 0. The Morgan fingerprint density at radius 2 is 0.958 bits per heavy atom. The molecular weight excluding hydrogens is 329 g/mol. The van der Waals surface area contributed by atoms with Gasteiger partial charge < -0.3 is 5.11 Å². The van der Waals surface area contributed by atoms with Crippen molar-refractivity contribution < 1.29 is 9.90 Å². The van der Waals surface area contributed by atoms with Crippen molar-refractivity contribution in [3.63, 3.8) is 0 Å². The predicted octanol–water partition coefficient (Wildman–Crippen LogP) is 4.14. The molecule has 3 aromatic carbocycles. The van der Waals surface area contributed by atoms with Gasteiger partial charge in [0.25, 0.3) is 0 Å². The van der Waals surface area contributed by atoms with Crippen LogP contribution in [0, 0.1) is 0 Å². The lowest BCUT2D eigenvalue weighted by molar-refractivity contribution is -0.134. The Morgan fingerprint density at radius 3 is 1.21 bits per heavy atom. The van der Waals surface area contributed by atoms with Crippen LogP contribution in [0.2, 0.25) is 0 Å². The maximum Gasteiger partial charge on any atom is 0.316 e. The van der Waals surface area contributed by atoms with E-state index in [-0.39, 0.29) is 28.8 Å². The SMILES string of the molecule is O=C(O)CS(c1ccccc1)(c1ccccc1)c1ccccc1.[MgH2]. The number of rotatable bonds is 5. The summed E-state index contributed by atoms with van der Waals surface area (Å²) in [5, 5.41) is 9.65. The van der Waals surface area contributed by atoms with Crippen molar-refractivity contribution in [2.45, 2.75) is 14.7 Å². The number of carbonyl (C=O) groups is 1. The van der Waals surface area contributed by atoms with E-state index in [0.29, 0.717) is 0 Å². The molecule has 2 nitrogen and oxygen atoms in total. The van der Waals surface area contributed by atoms with Crippen LogP contribution in [-0.4, -0.2) is 39.9 Å². The third-order valence-corrected chi connectivity index (χ3v) is 7.69. The topological polar surface area (TPSA) is 37.3 Å². The Bertz CT molecular complexity index is 680. The van der Waals surface area contributed by atoms with E-state index in [2.05, 4.69) is 0 Å². The van der Waals surface area contributed by atoms with E-state index in [0.717, 1.165) is 14.7 Å². The highest BCUT2D eigenvalue weighted by Crippen LogP contribution is 2.67. The third-order valence-electron chi connectivity index (χ3n) is 3.78. The summed E-state index contributed by atoms with van der Waals surface area (Å²) in [5.41, 5.74) is 0. The van der Waals surface area contributed by atoms with Gasteiger partial charge in [-0.05, 0) is 51.1 Å². The lowest BCUT2D eigenvalue weighted by Gasteiger charge is -2.40. The van der Waals surface area contributed by atoms with Crippen LogP contribution in [0.15, 0.2) is 106 Å². The fourth-order valence-corrected chi connectivity index (χ4v) is 6.35. The third kappa shape index (κ3) is 3.66. The molecule has 0 spiro atoms. The first-order valence-electron chi connectivity index (χ1n) is 7.41. The van der Waals surface area contributed by atoms with Crippen molar-refractivity contribution in [1.29, 1.82) is 0 Å². The quantitative estimate of drug-likeness (QED) is 0.704. The number of carboxylic acid groups (broad SMARTS) is 1. The number of aliphatic carboxylic acids is 1. The lowest BCUT2D eigenvalue weighted by Crippen LogP contribution is -2.15. The highest BCUT2D eigenvalue weighted by molar-refractivity contribution is 8.34. The molecule has 0 saturated carbocycles. The van der Waals surface area contributed by atoms with Gasteiger partial charge in [0, 0.05) is 0 Å². The van der Waals surface area contributed by atoms with Crippen LogP contribution in [-0.2, 0) is 4.79 Å². The van der Waals surface area contributed by atoms with E-state index in [1.807, 2.05) is 91.0 Å². The summed E-state index contributed by atoms with van der Waals surface area (Å²) in [4.78, 5) is 15.0. The van der Waals surface area contributed by atoms with E-state index >= 15 is 0 Å². The van der Waals surface area contributed by atoms with Crippen molar-refractivity contribution in [3.05, 3.63) is 91.0 Å². The zero-order chi connectivity index (χ0) is 16.1. The predicted molar refractivity (Wildman–Crippen MR) is 103 cm³/mol.